The van der Waals surface area contributed by atoms with Crippen LogP contribution in [0.4, 0.5) is 0 Å². The third kappa shape index (κ3) is 5.42. The van der Waals surface area contributed by atoms with Gasteiger partial charge in [0.25, 0.3) is 0 Å². The van der Waals surface area contributed by atoms with Crippen molar-refractivity contribution in [3.05, 3.63) is 99.9 Å². The van der Waals surface area contributed by atoms with E-state index in [0.29, 0.717) is 11.1 Å². The number of likely N-dealkylation sites (tertiary alicyclic amines) is 1. The van der Waals surface area contributed by atoms with E-state index in [2.05, 4.69) is 24.1 Å². The fourth-order valence-electron chi connectivity index (χ4n) is 4.83. The van der Waals surface area contributed by atoms with E-state index in [-0.39, 0.29) is 24.7 Å². The van der Waals surface area contributed by atoms with E-state index in [0.717, 1.165) is 59.3 Å². The van der Waals surface area contributed by atoms with E-state index in [4.69, 9.17) is 9.15 Å². The lowest BCUT2D eigenvalue weighted by Crippen LogP contribution is -2.35. The fourth-order valence-corrected chi connectivity index (χ4v) is 4.83. The Hall–Kier alpha value is -3.70. The van der Waals surface area contributed by atoms with Crippen LogP contribution in [0, 0.1) is 6.92 Å². The molecule has 0 bridgehead atoms. The van der Waals surface area contributed by atoms with Gasteiger partial charge in [0.05, 0.1) is 0 Å². The first-order valence-electron chi connectivity index (χ1n) is 12.5. The quantitative estimate of drug-likeness (QED) is 0.322. The molecule has 0 unspecified atom stereocenters. The summed E-state index contributed by atoms with van der Waals surface area (Å²) in [6.07, 6.45) is 2.45. The molecular weight excluding hydrogens is 450 g/mol. The van der Waals surface area contributed by atoms with Crippen molar-refractivity contribution < 1.29 is 13.9 Å². The van der Waals surface area contributed by atoms with E-state index in [1.807, 2.05) is 61.5 Å². The highest BCUT2D eigenvalue weighted by Crippen LogP contribution is 2.29. The Bertz CT molecular complexity index is 1420. The van der Waals surface area contributed by atoms with Gasteiger partial charge in [-0.3, -0.25) is 4.79 Å². The molecule has 0 saturated carbocycles. The van der Waals surface area contributed by atoms with E-state index in [9.17, 15) is 9.59 Å². The smallest absolute Gasteiger partial charge is 0.339 e. The lowest BCUT2D eigenvalue weighted by Gasteiger charge is -2.29. The second kappa shape index (κ2) is 10.5. The van der Waals surface area contributed by atoms with Crippen molar-refractivity contribution in [1.82, 2.24) is 4.90 Å². The van der Waals surface area contributed by atoms with Crippen molar-refractivity contribution in [3.8, 4) is 16.9 Å². The first-order chi connectivity index (χ1) is 17.5. The van der Waals surface area contributed by atoms with Gasteiger partial charge >= 0.3 is 5.63 Å². The van der Waals surface area contributed by atoms with Crippen LogP contribution in [0.1, 0.15) is 29.5 Å². The lowest BCUT2D eigenvalue weighted by molar-refractivity contribution is -0.117. The normalized spacial score (nSPS) is 14.7. The molecule has 0 N–H and O–H groups in total. The molecule has 1 saturated heterocycles. The summed E-state index contributed by atoms with van der Waals surface area (Å²) in [5, 5.41) is 0.804. The molecule has 1 aliphatic rings. The lowest BCUT2D eigenvalue weighted by atomic mass is 9.99. The van der Waals surface area contributed by atoms with E-state index >= 15 is 0 Å². The summed E-state index contributed by atoms with van der Waals surface area (Å²) in [6.45, 7) is 3.95. The highest BCUT2D eigenvalue weighted by molar-refractivity contribution is 5.86. The van der Waals surface area contributed by atoms with Crippen molar-refractivity contribution in [2.24, 2.45) is 0 Å². The van der Waals surface area contributed by atoms with E-state index in [1.165, 1.54) is 0 Å². The monoisotopic (exact) mass is 481 g/mol. The largest absolute Gasteiger partial charge is 0.490 e. The number of nitrogens with zero attached hydrogens (tertiary/aromatic N) is 1. The van der Waals surface area contributed by atoms with Gasteiger partial charge in [-0.25, -0.2) is 4.79 Å². The van der Waals surface area contributed by atoms with E-state index in [1.54, 1.807) is 6.07 Å². The van der Waals surface area contributed by atoms with E-state index < -0.39 is 5.63 Å². The van der Waals surface area contributed by atoms with Crippen LogP contribution in [0.25, 0.3) is 22.1 Å². The van der Waals surface area contributed by atoms with Crippen molar-refractivity contribution >= 4 is 16.8 Å². The number of ether oxygens (including phenoxy) is 1. The maximum atomic E-state index is 12.8. The average molecular weight is 482 g/mol. The molecule has 0 spiro atoms. The Morgan fingerprint density at radius 2 is 1.64 bits per heavy atom. The number of piperidine rings is 1. The van der Waals surface area contributed by atoms with Gasteiger partial charge < -0.3 is 14.1 Å². The average Bonchev–Trinajstić information content (AvgIpc) is 2.89. The van der Waals surface area contributed by atoms with Crippen LogP contribution < -0.4 is 10.4 Å². The third-order valence-corrected chi connectivity index (χ3v) is 6.98. The Kier molecular flexibility index (Phi) is 7.01. The van der Waals surface area contributed by atoms with Crippen LogP contribution in [0.2, 0.25) is 0 Å². The molecule has 5 rings (SSSR count). The number of hydrogen-bond donors (Lipinski definition) is 0. The number of carbonyl (C=O) groups is 1. The van der Waals surface area contributed by atoms with Crippen LogP contribution in [-0.4, -0.2) is 36.9 Å². The number of rotatable bonds is 7. The first kappa shape index (κ1) is 24.0. The van der Waals surface area contributed by atoms with Gasteiger partial charge in [-0.1, -0.05) is 54.6 Å². The van der Waals surface area contributed by atoms with Crippen molar-refractivity contribution in [1.29, 1.82) is 0 Å². The van der Waals surface area contributed by atoms with Crippen molar-refractivity contribution in [2.75, 3.05) is 20.1 Å². The molecule has 1 fully saturated rings. The third-order valence-electron chi connectivity index (χ3n) is 6.98. The topological polar surface area (TPSA) is 59.8 Å². The molecule has 2 heterocycles. The molecule has 36 heavy (non-hydrogen) atoms. The second-order valence-electron chi connectivity index (χ2n) is 9.74. The van der Waals surface area contributed by atoms with Gasteiger partial charge in [0.15, 0.2) is 0 Å². The summed E-state index contributed by atoms with van der Waals surface area (Å²) in [5.41, 5.74) is 4.44. The summed E-state index contributed by atoms with van der Waals surface area (Å²) in [7, 11) is 2.12. The van der Waals surface area contributed by atoms with Crippen LogP contribution in [-0.2, 0) is 17.6 Å². The molecule has 0 amide bonds. The predicted molar refractivity (Wildman–Crippen MR) is 143 cm³/mol. The maximum absolute atomic E-state index is 12.8. The fraction of sp³-hybridized carbons (Fsp3) is 0.290. The van der Waals surface area contributed by atoms with Gasteiger partial charge in [0.2, 0.25) is 0 Å². The number of ketones is 1. The molecule has 0 aliphatic carbocycles. The minimum absolute atomic E-state index is 0.0203. The van der Waals surface area contributed by atoms with Crippen LogP contribution in [0.5, 0.6) is 5.75 Å². The van der Waals surface area contributed by atoms with Crippen LogP contribution in [0.15, 0.2) is 82.0 Å². The summed E-state index contributed by atoms with van der Waals surface area (Å²) in [5.74, 6) is 0.732. The van der Waals surface area contributed by atoms with Crippen molar-refractivity contribution in [3.63, 3.8) is 0 Å². The summed E-state index contributed by atoms with van der Waals surface area (Å²) in [6, 6.07) is 23.7. The van der Waals surface area contributed by atoms with Gasteiger partial charge in [-0.15, -0.1) is 0 Å². The molecule has 5 heteroatoms. The number of carbonyl (C=O) groups excluding carboxylic acids is 1. The molecule has 4 aromatic rings. The molecule has 5 nitrogen and oxygen atoms in total. The minimum Gasteiger partial charge on any atom is -0.490 e. The number of Topliss-reactive ketones (excluding diaryl/α,β-unsaturated/α-hetero) is 1. The Morgan fingerprint density at radius 1 is 0.944 bits per heavy atom. The minimum atomic E-state index is -0.463. The first-order valence-corrected chi connectivity index (χ1v) is 12.5. The number of fused-ring (bicyclic) bond motifs is 1. The molecule has 0 radical (unpaired) electrons. The molecule has 184 valence electrons. The van der Waals surface area contributed by atoms with Gasteiger partial charge in [-0.05, 0) is 61.7 Å². The highest BCUT2D eigenvalue weighted by atomic mass is 16.5. The zero-order valence-electron chi connectivity index (χ0n) is 20.8. The van der Waals surface area contributed by atoms with Gasteiger partial charge in [0, 0.05) is 42.4 Å². The van der Waals surface area contributed by atoms with Gasteiger partial charge in [0.1, 0.15) is 23.2 Å². The molecule has 1 aliphatic heterocycles. The zero-order valence-corrected chi connectivity index (χ0v) is 20.8. The molecule has 0 atom stereocenters. The SMILES string of the molecule is Cc1c(OC2CCN(C)CC2)ccc2cc(CC(=O)Cc3ccc(-c4ccccc4)cc3)c(=O)oc12. The van der Waals surface area contributed by atoms with Crippen LogP contribution >= 0.6 is 0 Å². The highest BCUT2D eigenvalue weighted by Gasteiger charge is 2.20. The Labute approximate surface area is 211 Å². The summed E-state index contributed by atoms with van der Waals surface area (Å²) >= 11 is 0. The summed E-state index contributed by atoms with van der Waals surface area (Å²) in [4.78, 5) is 27.8. The Morgan fingerprint density at radius 3 is 2.36 bits per heavy atom. The van der Waals surface area contributed by atoms with Gasteiger partial charge in [-0.2, -0.15) is 0 Å². The second-order valence-corrected chi connectivity index (χ2v) is 9.74. The summed E-state index contributed by atoms with van der Waals surface area (Å²) < 4.78 is 11.9. The zero-order chi connectivity index (χ0) is 25.1. The molecule has 1 aromatic heterocycles. The standard InChI is InChI=1S/C31H31NO4/c1-21-29(35-28-14-16-32(2)17-15-28)13-12-25-19-26(31(34)36-30(21)25)20-27(33)18-22-8-10-24(11-9-22)23-6-4-3-5-7-23/h3-13,19,28H,14-18,20H2,1-2H3. The number of aryl methyl sites for hydroxylation is 1. The van der Waals surface area contributed by atoms with Crippen molar-refractivity contribution in [2.45, 2.75) is 38.7 Å². The van der Waals surface area contributed by atoms with Crippen LogP contribution in [0.3, 0.4) is 0 Å². The maximum Gasteiger partial charge on any atom is 0.339 e. The molecular formula is C31H31NO4. The Balaban J connectivity index is 1.27. The number of hydrogen-bond acceptors (Lipinski definition) is 5. The number of benzene rings is 3. The predicted octanol–water partition coefficient (Wildman–Crippen LogP) is 5.60. The molecule has 3 aromatic carbocycles.